The zero-order valence-corrected chi connectivity index (χ0v) is 11.3. The molecule has 2 N–H and O–H groups in total. The summed E-state index contributed by atoms with van der Waals surface area (Å²) in [7, 11) is 0. The van der Waals surface area contributed by atoms with Crippen LogP contribution in [0.15, 0.2) is 49.1 Å². The second kappa shape index (κ2) is 7.45. The van der Waals surface area contributed by atoms with Crippen molar-refractivity contribution >= 4 is 5.97 Å². The number of nitrogens with two attached hydrogens (primary N) is 1. The Labute approximate surface area is 118 Å². The van der Waals surface area contributed by atoms with Crippen molar-refractivity contribution in [3.05, 3.63) is 54.6 Å². The first-order chi connectivity index (χ1) is 9.75. The van der Waals surface area contributed by atoms with E-state index in [1.165, 1.54) is 0 Å². The molecule has 20 heavy (non-hydrogen) atoms. The molecule has 0 spiro atoms. The van der Waals surface area contributed by atoms with Crippen LogP contribution < -0.4 is 5.73 Å². The highest BCUT2D eigenvalue weighted by Crippen LogP contribution is 2.04. The van der Waals surface area contributed by atoms with E-state index in [-0.39, 0.29) is 12.6 Å². The first-order valence-electron chi connectivity index (χ1n) is 6.67. The summed E-state index contributed by atoms with van der Waals surface area (Å²) in [6, 6.07) is 9.01. The number of ether oxygens (including phenoxy) is 1. The van der Waals surface area contributed by atoms with E-state index >= 15 is 0 Å². The molecule has 1 aromatic heterocycles. The third kappa shape index (κ3) is 4.51. The quantitative estimate of drug-likeness (QED) is 0.780. The largest absolute Gasteiger partial charge is 0.460 e. The van der Waals surface area contributed by atoms with Crippen LogP contribution in [-0.2, 0) is 22.7 Å². The number of imidazole rings is 1. The maximum atomic E-state index is 11.7. The molecule has 106 valence electrons. The lowest BCUT2D eigenvalue weighted by molar-refractivity contribution is -0.146. The van der Waals surface area contributed by atoms with E-state index in [9.17, 15) is 4.79 Å². The minimum absolute atomic E-state index is 0.273. The highest BCUT2D eigenvalue weighted by atomic mass is 16.5. The average Bonchev–Trinajstić information content (AvgIpc) is 2.99. The van der Waals surface area contributed by atoms with E-state index in [1.54, 1.807) is 12.5 Å². The van der Waals surface area contributed by atoms with E-state index < -0.39 is 6.04 Å². The summed E-state index contributed by atoms with van der Waals surface area (Å²) in [6.45, 7) is 1.08. The summed E-state index contributed by atoms with van der Waals surface area (Å²) in [4.78, 5) is 15.7. The van der Waals surface area contributed by atoms with Gasteiger partial charge in [-0.15, -0.1) is 0 Å². The zero-order chi connectivity index (χ0) is 14.2. The van der Waals surface area contributed by atoms with Crippen LogP contribution in [0.4, 0.5) is 0 Å². The molecule has 1 heterocycles. The Kier molecular flexibility index (Phi) is 5.32. The van der Waals surface area contributed by atoms with Crippen molar-refractivity contribution in [3.63, 3.8) is 0 Å². The molecule has 5 heteroatoms. The number of aryl methyl sites for hydroxylation is 1. The third-order valence-corrected chi connectivity index (χ3v) is 3.02. The molecule has 1 aromatic carbocycles. The Bertz CT molecular complexity index is 511. The Morgan fingerprint density at radius 1 is 1.35 bits per heavy atom. The van der Waals surface area contributed by atoms with Gasteiger partial charge in [0.1, 0.15) is 12.6 Å². The van der Waals surface area contributed by atoms with E-state index in [0.717, 1.165) is 18.5 Å². The molecule has 0 fully saturated rings. The fraction of sp³-hybridized carbons (Fsp3) is 0.333. The Morgan fingerprint density at radius 2 is 2.15 bits per heavy atom. The van der Waals surface area contributed by atoms with E-state index in [4.69, 9.17) is 10.5 Å². The number of carbonyl (C=O) groups is 1. The van der Waals surface area contributed by atoms with Gasteiger partial charge in [0.15, 0.2) is 0 Å². The molecule has 1 atom stereocenters. The van der Waals surface area contributed by atoms with Crippen LogP contribution in [0, 0.1) is 0 Å². The van der Waals surface area contributed by atoms with Crippen LogP contribution in [0.25, 0.3) is 0 Å². The van der Waals surface area contributed by atoms with Crippen LogP contribution >= 0.6 is 0 Å². The summed E-state index contributed by atoms with van der Waals surface area (Å²) in [5.74, 6) is -0.348. The number of carbonyl (C=O) groups excluding carboxylic acids is 1. The van der Waals surface area contributed by atoms with Crippen molar-refractivity contribution in [1.82, 2.24) is 9.55 Å². The molecule has 0 amide bonds. The van der Waals surface area contributed by atoms with Gasteiger partial charge < -0.3 is 15.0 Å². The van der Waals surface area contributed by atoms with Crippen LogP contribution in [0.3, 0.4) is 0 Å². The van der Waals surface area contributed by atoms with Crippen molar-refractivity contribution < 1.29 is 9.53 Å². The molecule has 0 radical (unpaired) electrons. The molecule has 0 aliphatic carbocycles. The van der Waals surface area contributed by atoms with Gasteiger partial charge in [0, 0.05) is 18.9 Å². The monoisotopic (exact) mass is 273 g/mol. The number of rotatable bonds is 7. The van der Waals surface area contributed by atoms with Crippen molar-refractivity contribution in [2.75, 3.05) is 0 Å². The minimum Gasteiger partial charge on any atom is -0.460 e. The number of hydrogen-bond donors (Lipinski definition) is 1. The molecule has 1 unspecified atom stereocenters. The van der Waals surface area contributed by atoms with Gasteiger partial charge in [-0.05, 0) is 18.4 Å². The van der Waals surface area contributed by atoms with Gasteiger partial charge in [-0.25, -0.2) is 4.98 Å². The molecule has 0 saturated heterocycles. The lowest BCUT2D eigenvalue weighted by Gasteiger charge is -2.11. The molecular weight excluding hydrogens is 254 g/mol. The molecule has 5 nitrogen and oxygen atoms in total. The van der Waals surface area contributed by atoms with Gasteiger partial charge in [0.2, 0.25) is 0 Å². The maximum absolute atomic E-state index is 11.7. The fourth-order valence-corrected chi connectivity index (χ4v) is 1.87. The third-order valence-electron chi connectivity index (χ3n) is 3.02. The Morgan fingerprint density at radius 3 is 2.85 bits per heavy atom. The standard InChI is InChI=1S/C15H19N3O2/c16-14(7-4-9-18-10-8-17-12-18)15(19)20-11-13-5-2-1-3-6-13/h1-3,5-6,8,10,12,14H,4,7,9,11,16H2. The Hall–Kier alpha value is -2.14. The van der Waals surface area contributed by atoms with Gasteiger partial charge in [-0.1, -0.05) is 30.3 Å². The predicted octanol–water partition coefficient (Wildman–Crippen LogP) is 1.73. The SMILES string of the molecule is NC(CCCn1ccnc1)C(=O)OCc1ccccc1. The molecule has 2 rings (SSSR count). The lowest BCUT2D eigenvalue weighted by atomic mass is 10.1. The van der Waals surface area contributed by atoms with Crippen LogP contribution in [0.1, 0.15) is 18.4 Å². The first-order valence-corrected chi connectivity index (χ1v) is 6.67. The van der Waals surface area contributed by atoms with Gasteiger partial charge in [-0.3, -0.25) is 4.79 Å². The number of aromatic nitrogens is 2. The minimum atomic E-state index is -0.567. The molecule has 0 aliphatic rings. The van der Waals surface area contributed by atoms with Crippen LogP contribution in [0.2, 0.25) is 0 Å². The molecule has 0 aliphatic heterocycles. The van der Waals surface area contributed by atoms with Crippen LogP contribution in [0.5, 0.6) is 0 Å². The topological polar surface area (TPSA) is 70.1 Å². The van der Waals surface area contributed by atoms with E-state index in [1.807, 2.05) is 41.1 Å². The summed E-state index contributed by atoms with van der Waals surface area (Å²) in [6.07, 6.45) is 6.79. The number of hydrogen-bond acceptors (Lipinski definition) is 4. The summed E-state index contributed by atoms with van der Waals surface area (Å²) < 4.78 is 7.15. The molecule has 0 bridgehead atoms. The second-order valence-corrected chi connectivity index (χ2v) is 4.64. The van der Waals surface area contributed by atoms with Gasteiger partial charge >= 0.3 is 5.97 Å². The second-order valence-electron chi connectivity index (χ2n) is 4.64. The number of esters is 1. The number of benzene rings is 1. The van der Waals surface area contributed by atoms with Crippen LogP contribution in [-0.4, -0.2) is 21.6 Å². The van der Waals surface area contributed by atoms with E-state index in [2.05, 4.69) is 4.98 Å². The van der Waals surface area contributed by atoms with Crippen molar-refractivity contribution in [3.8, 4) is 0 Å². The number of nitrogens with zero attached hydrogens (tertiary/aromatic N) is 2. The smallest absolute Gasteiger partial charge is 0.323 e. The molecular formula is C15H19N3O2. The lowest BCUT2D eigenvalue weighted by Crippen LogP contribution is -2.32. The molecule has 0 saturated carbocycles. The molecule has 2 aromatic rings. The first kappa shape index (κ1) is 14.3. The van der Waals surface area contributed by atoms with Crippen molar-refractivity contribution in [2.24, 2.45) is 5.73 Å². The summed E-state index contributed by atoms with van der Waals surface area (Å²) in [5, 5.41) is 0. The maximum Gasteiger partial charge on any atom is 0.323 e. The van der Waals surface area contributed by atoms with Gasteiger partial charge in [0.25, 0.3) is 0 Å². The Balaban J connectivity index is 1.66. The summed E-state index contributed by atoms with van der Waals surface area (Å²) >= 11 is 0. The van der Waals surface area contributed by atoms with Crippen molar-refractivity contribution in [2.45, 2.75) is 32.0 Å². The highest BCUT2D eigenvalue weighted by Gasteiger charge is 2.14. The van der Waals surface area contributed by atoms with E-state index in [0.29, 0.717) is 6.42 Å². The predicted molar refractivity (Wildman–Crippen MR) is 75.7 cm³/mol. The summed E-state index contributed by atoms with van der Waals surface area (Å²) in [5.41, 5.74) is 6.79. The highest BCUT2D eigenvalue weighted by molar-refractivity contribution is 5.75. The zero-order valence-electron chi connectivity index (χ0n) is 11.3. The van der Waals surface area contributed by atoms with Gasteiger partial charge in [0.05, 0.1) is 6.33 Å². The fourth-order valence-electron chi connectivity index (χ4n) is 1.87. The average molecular weight is 273 g/mol. The van der Waals surface area contributed by atoms with Crippen molar-refractivity contribution in [1.29, 1.82) is 0 Å². The van der Waals surface area contributed by atoms with Gasteiger partial charge in [-0.2, -0.15) is 0 Å². The normalized spacial score (nSPS) is 12.1.